The molecular formula is C16H30ClN3O3S2. The SMILES string of the molecule is CCN[C@H](C)CNS(=O)(=O)c1ccc(CCNC(=O)CC(C)C)s1.Cl. The molecule has 3 N–H and O–H groups in total. The van der Waals surface area contributed by atoms with Crippen molar-refractivity contribution in [2.45, 2.75) is 50.8 Å². The molecule has 0 radical (unpaired) electrons. The molecule has 1 rings (SSSR count). The largest absolute Gasteiger partial charge is 0.356 e. The van der Waals surface area contributed by atoms with Gasteiger partial charge in [-0.2, -0.15) is 0 Å². The van der Waals surface area contributed by atoms with Crippen molar-refractivity contribution in [3.63, 3.8) is 0 Å². The van der Waals surface area contributed by atoms with Gasteiger partial charge in [-0.15, -0.1) is 23.7 Å². The Labute approximate surface area is 161 Å². The maximum atomic E-state index is 12.3. The number of likely N-dealkylation sites (N-methyl/N-ethyl adjacent to an activating group) is 1. The van der Waals surface area contributed by atoms with E-state index in [1.165, 1.54) is 11.3 Å². The van der Waals surface area contributed by atoms with Crippen LogP contribution in [-0.4, -0.2) is 40.0 Å². The average Bonchev–Trinajstić information content (AvgIpc) is 2.94. The summed E-state index contributed by atoms with van der Waals surface area (Å²) in [6.07, 6.45) is 1.15. The van der Waals surface area contributed by atoms with Gasteiger partial charge in [-0.3, -0.25) is 4.79 Å². The summed E-state index contributed by atoms with van der Waals surface area (Å²) < 4.78 is 27.5. The molecule has 25 heavy (non-hydrogen) atoms. The maximum Gasteiger partial charge on any atom is 0.250 e. The molecule has 146 valence electrons. The summed E-state index contributed by atoms with van der Waals surface area (Å²) >= 11 is 1.25. The minimum atomic E-state index is -3.47. The maximum absolute atomic E-state index is 12.3. The van der Waals surface area contributed by atoms with Gasteiger partial charge in [0.25, 0.3) is 0 Å². The Morgan fingerprint density at radius 3 is 2.52 bits per heavy atom. The molecule has 0 saturated carbocycles. The molecule has 1 aromatic rings. The van der Waals surface area contributed by atoms with Crippen molar-refractivity contribution >= 4 is 39.7 Å². The molecule has 1 heterocycles. The molecule has 0 spiro atoms. The third-order valence-electron chi connectivity index (χ3n) is 3.32. The predicted octanol–water partition coefficient (Wildman–Crippen LogP) is 2.15. The molecule has 0 unspecified atom stereocenters. The summed E-state index contributed by atoms with van der Waals surface area (Å²) in [5.74, 6) is 0.368. The molecule has 0 bridgehead atoms. The highest BCUT2D eigenvalue weighted by Gasteiger charge is 2.17. The van der Waals surface area contributed by atoms with Crippen LogP contribution in [0.5, 0.6) is 0 Å². The third kappa shape index (κ3) is 9.55. The monoisotopic (exact) mass is 411 g/mol. The number of amides is 1. The number of nitrogens with one attached hydrogen (secondary N) is 3. The third-order valence-corrected chi connectivity index (χ3v) is 6.38. The number of hydrogen-bond donors (Lipinski definition) is 3. The quantitative estimate of drug-likeness (QED) is 0.520. The van der Waals surface area contributed by atoms with Gasteiger partial charge in [-0.05, 0) is 37.9 Å². The zero-order valence-corrected chi connectivity index (χ0v) is 17.7. The van der Waals surface area contributed by atoms with Crippen LogP contribution in [0.1, 0.15) is 39.0 Å². The highest BCUT2D eigenvalue weighted by Crippen LogP contribution is 2.21. The minimum absolute atomic E-state index is 0. The Balaban J connectivity index is 0.00000576. The van der Waals surface area contributed by atoms with E-state index in [1.807, 2.05) is 33.8 Å². The van der Waals surface area contributed by atoms with Crippen LogP contribution in [-0.2, 0) is 21.2 Å². The molecule has 1 atom stereocenters. The van der Waals surface area contributed by atoms with E-state index in [0.717, 1.165) is 11.4 Å². The fourth-order valence-electron chi connectivity index (χ4n) is 2.13. The molecule has 6 nitrogen and oxygen atoms in total. The first-order valence-electron chi connectivity index (χ1n) is 8.33. The Hall–Kier alpha value is -0.670. The summed E-state index contributed by atoms with van der Waals surface area (Å²) in [5.41, 5.74) is 0. The Bertz CT molecular complexity index is 618. The molecule has 0 aliphatic rings. The van der Waals surface area contributed by atoms with E-state index >= 15 is 0 Å². The van der Waals surface area contributed by atoms with Crippen LogP contribution in [0.3, 0.4) is 0 Å². The topological polar surface area (TPSA) is 87.3 Å². The number of hydrogen-bond acceptors (Lipinski definition) is 5. The minimum Gasteiger partial charge on any atom is -0.356 e. The standard InChI is InChI=1S/C16H29N3O3S2.ClH/c1-5-17-13(4)11-19-24(21,22)16-7-6-14(23-16)8-9-18-15(20)10-12(2)3;/h6-7,12-13,17,19H,5,8-11H2,1-4H3,(H,18,20);1H/t13-;/m1./s1. The summed E-state index contributed by atoms with van der Waals surface area (Å²) in [4.78, 5) is 12.5. The molecule has 0 saturated heterocycles. The zero-order valence-electron chi connectivity index (χ0n) is 15.3. The first-order valence-corrected chi connectivity index (χ1v) is 10.6. The highest BCUT2D eigenvalue weighted by atomic mass is 35.5. The molecule has 1 amide bonds. The highest BCUT2D eigenvalue weighted by molar-refractivity contribution is 7.91. The van der Waals surface area contributed by atoms with Crippen molar-refractivity contribution in [3.05, 3.63) is 17.0 Å². The average molecular weight is 412 g/mol. The molecule has 0 aliphatic carbocycles. The van der Waals surface area contributed by atoms with Crippen molar-refractivity contribution in [2.75, 3.05) is 19.6 Å². The van der Waals surface area contributed by atoms with Gasteiger partial charge in [0, 0.05) is 30.4 Å². The number of sulfonamides is 1. The van der Waals surface area contributed by atoms with Crippen LogP contribution in [0, 0.1) is 5.92 Å². The normalized spacial score (nSPS) is 12.7. The molecule has 9 heteroatoms. The van der Waals surface area contributed by atoms with Crippen LogP contribution in [0.25, 0.3) is 0 Å². The van der Waals surface area contributed by atoms with Gasteiger partial charge in [-0.25, -0.2) is 13.1 Å². The second-order valence-electron chi connectivity index (χ2n) is 6.23. The summed E-state index contributed by atoms with van der Waals surface area (Å²) in [6.45, 7) is 9.60. The van der Waals surface area contributed by atoms with E-state index < -0.39 is 10.0 Å². The number of carbonyl (C=O) groups is 1. The van der Waals surface area contributed by atoms with Crippen molar-refractivity contribution in [2.24, 2.45) is 5.92 Å². The molecule has 0 aromatic carbocycles. The van der Waals surface area contributed by atoms with Gasteiger partial charge in [0.1, 0.15) is 4.21 Å². The van der Waals surface area contributed by atoms with Crippen LogP contribution < -0.4 is 15.4 Å². The summed E-state index contributed by atoms with van der Waals surface area (Å²) in [7, 11) is -3.47. The predicted molar refractivity (Wildman–Crippen MR) is 106 cm³/mol. The summed E-state index contributed by atoms with van der Waals surface area (Å²) in [6, 6.07) is 3.51. The lowest BCUT2D eigenvalue weighted by Crippen LogP contribution is -2.38. The van der Waals surface area contributed by atoms with Crippen LogP contribution in [0.15, 0.2) is 16.3 Å². The number of carbonyl (C=O) groups excluding carboxylic acids is 1. The second-order valence-corrected chi connectivity index (χ2v) is 9.39. The van der Waals surface area contributed by atoms with Crippen LogP contribution in [0.2, 0.25) is 0 Å². The lowest BCUT2D eigenvalue weighted by molar-refractivity contribution is -0.121. The van der Waals surface area contributed by atoms with E-state index in [1.54, 1.807) is 6.07 Å². The second kappa shape index (κ2) is 11.9. The molecule has 0 aliphatic heterocycles. The number of rotatable bonds is 11. The lowest BCUT2D eigenvalue weighted by Gasteiger charge is -2.12. The van der Waals surface area contributed by atoms with Gasteiger partial charge in [0.05, 0.1) is 0 Å². The van der Waals surface area contributed by atoms with E-state index in [4.69, 9.17) is 0 Å². The number of halogens is 1. The van der Waals surface area contributed by atoms with Crippen molar-refractivity contribution < 1.29 is 13.2 Å². The molecule has 0 fully saturated rings. The number of thiophene rings is 1. The molecular weight excluding hydrogens is 382 g/mol. The van der Waals surface area contributed by atoms with Gasteiger partial charge < -0.3 is 10.6 Å². The van der Waals surface area contributed by atoms with Crippen molar-refractivity contribution in [1.29, 1.82) is 0 Å². The Morgan fingerprint density at radius 2 is 1.92 bits per heavy atom. The fraction of sp³-hybridized carbons (Fsp3) is 0.688. The fourth-order valence-corrected chi connectivity index (χ4v) is 4.66. The Morgan fingerprint density at radius 1 is 1.24 bits per heavy atom. The van der Waals surface area contributed by atoms with Crippen molar-refractivity contribution in [1.82, 2.24) is 15.4 Å². The van der Waals surface area contributed by atoms with E-state index in [9.17, 15) is 13.2 Å². The Kier molecular flexibility index (Phi) is 11.5. The van der Waals surface area contributed by atoms with Gasteiger partial charge in [-0.1, -0.05) is 20.8 Å². The first-order chi connectivity index (χ1) is 11.2. The van der Waals surface area contributed by atoms with E-state index in [-0.39, 0.29) is 24.4 Å². The zero-order chi connectivity index (χ0) is 18.2. The smallest absolute Gasteiger partial charge is 0.250 e. The summed E-state index contributed by atoms with van der Waals surface area (Å²) in [5, 5.41) is 6.02. The van der Waals surface area contributed by atoms with Crippen LogP contribution >= 0.6 is 23.7 Å². The van der Waals surface area contributed by atoms with Crippen LogP contribution in [0.4, 0.5) is 0 Å². The van der Waals surface area contributed by atoms with E-state index in [0.29, 0.717) is 36.1 Å². The van der Waals surface area contributed by atoms with Crippen molar-refractivity contribution in [3.8, 4) is 0 Å². The van der Waals surface area contributed by atoms with Gasteiger partial charge in [0.15, 0.2) is 0 Å². The van der Waals surface area contributed by atoms with Gasteiger partial charge >= 0.3 is 0 Å². The first kappa shape index (κ1) is 24.3. The van der Waals surface area contributed by atoms with Gasteiger partial charge in [0.2, 0.25) is 15.9 Å². The van der Waals surface area contributed by atoms with E-state index in [2.05, 4.69) is 15.4 Å². The molecule has 1 aromatic heterocycles. The lowest BCUT2D eigenvalue weighted by atomic mass is 10.1.